The van der Waals surface area contributed by atoms with Crippen LogP contribution >= 0.6 is 9.24 Å². The van der Waals surface area contributed by atoms with E-state index < -0.39 is 21.5 Å². The lowest BCUT2D eigenvalue weighted by molar-refractivity contribution is 0.102. The van der Waals surface area contributed by atoms with Crippen LogP contribution in [0.2, 0.25) is 0 Å². The number of benzene rings is 4. The fourth-order valence-corrected chi connectivity index (χ4v) is 6.87. The van der Waals surface area contributed by atoms with Crippen LogP contribution in [0.1, 0.15) is 73.1 Å². The van der Waals surface area contributed by atoms with E-state index in [-0.39, 0.29) is 26.5 Å². The molecule has 214 valence electrons. The fourth-order valence-electron chi connectivity index (χ4n) is 4.87. The minimum Gasteiger partial charge on any atom is -0.504 e. The zero-order valence-corrected chi connectivity index (χ0v) is 25.9. The van der Waals surface area contributed by atoms with Crippen molar-refractivity contribution in [3.63, 3.8) is 0 Å². The summed E-state index contributed by atoms with van der Waals surface area (Å²) in [6, 6.07) is 22.4. The van der Waals surface area contributed by atoms with Gasteiger partial charge >= 0.3 is 0 Å². The van der Waals surface area contributed by atoms with E-state index in [1.165, 1.54) is 24.3 Å². The number of hydrogen-bond acceptors (Lipinski definition) is 5. The van der Waals surface area contributed by atoms with Gasteiger partial charge in [0.2, 0.25) is 9.84 Å². The summed E-state index contributed by atoms with van der Waals surface area (Å²) in [4.78, 5) is 13.6. The average Bonchev–Trinajstić information content (AvgIpc) is 2.93. The van der Waals surface area contributed by atoms with Gasteiger partial charge in [-0.05, 0) is 76.4 Å². The minimum absolute atomic E-state index is 0.0819. The van der Waals surface area contributed by atoms with E-state index in [0.29, 0.717) is 28.9 Å². The summed E-state index contributed by atoms with van der Waals surface area (Å²) in [7, 11) is -1.36. The molecule has 0 aromatic heterocycles. The quantitative estimate of drug-likeness (QED) is 0.165. The van der Waals surface area contributed by atoms with Crippen molar-refractivity contribution in [3.8, 4) is 11.5 Å². The first-order chi connectivity index (χ1) is 19.2. The van der Waals surface area contributed by atoms with Gasteiger partial charge in [0.05, 0.1) is 15.4 Å². The van der Waals surface area contributed by atoms with Crippen molar-refractivity contribution in [2.24, 2.45) is 0 Å². The average molecular weight is 590 g/mol. The van der Waals surface area contributed by atoms with Gasteiger partial charge in [-0.3, -0.25) is 4.79 Å². The molecule has 0 fully saturated rings. The molecule has 0 bridgehead atoms. The molecular formula is C33H36NO5PS. The summed E-state index contributed by atoms with van der Waals surface area (Å²) in [6.45, 7) is 10.1. The molecule has 1 amide bonds. The van der Waals surface area contributed by atoms with Crippen LogP contribution in [-0.2, 0) is 21.7 Å². The maximum atomic E-state index is 13.5. The van der Waals surface area contributed by atoms with Crippen LogP contribution in [-0.4, -0.2) is 24.5 Å². The highest BCUT2D eigenvalue weighted by Crippen LogP contribution is 2.34. The summed E-state index contributed by atoms with van der Waals surface area (Å²) in [6.07, 6.45) is 0.462. The second kappa shape index (κ2) is 11.7. The van der Waals surface area contributed by atoms with E-state index in [2.05, 4.69) is 34.5 Å². The first kappa shape index (κ1) is 30.3. The van der Waals surface area contributed by atoms with Crippen molar-refractivity contribution in [1.82, 2.24) is 0 Å². The molecule has 0 saturated heterocycles. The Morgan fingerprint density at radius 3 is 2.12 bits per heavy atom. The van der Waals surface area contributed by atoms with Gasteiger partial charge < -0.3 is 15.5 Å². The zero-order chi connectivity index (χ0) is 30.1. The fraction of sp³-hybridized carbons (Fsp3) is 0.242. The van der Waals surface area contributed by atoms with Gasteiger partial charge in [0.25, 0.3) is 5.91 Å². The van der Waals surface area contributed by atoms with E-state index in [9.17, 15) is 23.4 Å². The number of hydrogen-bond donors (Lipinski definition) is 3. The predicted molar refractivity (Wildman–Crippen MR) is 167 cm³/mol. The topological polar surface area (TPSA) is 104 Å². The lowest BCUT2D eigenvalue weighted by atomic mass is 9.87. The number of aromatic hydroxyl groups is 2. The largest absolute Gasteiger partial charge is 0.504 e. The van der Waals surface area contributed by atoms with Crippen molar-refractivity contribution in [2.45, 2.75) is 62.2 Å². The summed E-state index contributed by atoms with van der Waals surface area (Å²) >= 11 is 0. The Bertz CT molecular complexity index is 1710. The second-order valence-corrected chi connectivity index (χ2v) is 13.9. The highest BCUT2D eigenvalue weighted by molar-refractivity contribution is 7.91. The van der Waals surface area contributed by atoms with Gasteiger partial charge in [-0.15, -0.1) is 9.24 Å². The van der Waals surface area contributed by atoms with E-state index in [0.717, 1.165) is 16.7 Å². The molecule has 6 nitrogen and oxygen atoms in total. The maximum Gasteiger partial charge on any atom is 0.259 e. The molecule has 41 heavy (non-hydrogen) atoms. The Hall–Kier alpha value is -3.67. The van der Waals surface area contributed by atoms with Gasteiger partial charge in [-0.2, -0.15) is 0 Å². The van der Waals surface area contributed by atoms with E-state index in [1.54, 1.807) is 18.2 Å². The molecule has 4 rings (SSSR count). The van der Waals surface area contributed by atoms with Crippen molar-refractivity contribution >= 4 is 36.0 Å². The third-order valence-corrected chi connectivity index (χ3v) is 9.58. The molecule has 3 N–H and O–H groups in total. The molecule has 0 radical (unpaired) electrons. The van der Waals surface area contributed by atoms with Crippen LogP contribution in [0.25, 0.3) is 0 Å². The normalized spacial score (nSPS) is 12.0. The number of rotatable bonds is 7. The molecule has 0 saturated carbocycles. The van der Waals surface area contributed by atoms with Crippen molar-refractivity contribution in [2.75, 3.05) is 5.32 Å². The van der Waals surface area contributed by atoms with Gasteiger partial charge in [-0.25, -0.2) is 8.42 Å². The van der Waals surface area contributed by atoms with Crippen LogP contribution in [0.5, 0.6) is 11.5 Å². The van der Waals surface area contributed by atoms with Gasteiger partial charge in [0.15, 0.2) is 11.5 Å². The lowest BCUT2D eigenvalue weighted by Crippen LogP contribution is -2.17. The Kier molecular flexibility index (Phi) is 8.62. The number of carbonyl (C=O) groups excluding carboxylic acids is 1. The number of carbonyl (C=O) groups is 1. The third kappa shape index (κ3) is 6.32. The van der Waals surface area contributed by atoms with Crippen molar-refractivity contribution < 1.29 is 23.4 Å². The predicted octanol–water partition coefficient (Wildman–Crippen LogP) is 6.70. The van der Waals surface area contributed by atoms with Crippen LogP contribution in [0.4, 0.5) is 5.69 Å². The second-order valence-electron chi connectivity index (χ2n) is 11.5. The Labute approximate surface area is 244 Å². The molecule has 0 aliphatic heterocycles. The first-order valence-corrected chi connectivity index (χ1v) is 15.4. The molecule has 0 aliphatic rings. The SMILES string of the molecule is CC(C)c1ccccc1Cc1cc(C(=O)Nc2ccc(S(=O)(=O)c3ccccc3C(C)(C)C)cc2)c(O)c(O)c1P. The number of sulfone groups is 1. The van der Waals surface area contributed by atoms with Crippen LogP contribution in [0.15, 0.2) is 88.7 Å². The monoisotopic (exact) mass is 589 g/mol. The number of phenolic OH excluding ortho intramolecular Hbond substituents is 2. The maximum absolute atomic E-state index is 13.5. The number of amides is 1. The van der Waals surface area contributed by atoms with Crippen molar-refractivity contribution in [3.05, 3.63) is 107 Å². The summed E-state index contributed by atoms with van der Waals surface area (Å²) in [5.41, 5.74) is 3.52. The van der Waals surface area contributed by atoms with Gasteiger partial charge in [-0.1, -0.05) is 77.1 Å². The molecule has 4 aromatic carbocycles. The highest BCUT2D eigenvalue weighted by Gasteiger charge is 2.27. The highest BCUT2D eigenvalue weighted by atomic mass is 32.2. The standard InChI is InChI=1S/C33H36NO5PS/c1-20(2)25-11-7-6-10-21(25)18-22-19-26(29(35)30(36)31(22)40)32(37)34-23-14-16-24(17-15-23)41(38,39)28-13-9-8-12-27(28)33(3,4)5/h6-17,19-20,35-36H,18,40H2,1-5H3,(H,34,37). The van der Waals surface area contributed by atoms with E-state index in [1.807, 2.05) is 51.1 Å². The van der Waals surface area contributed by atoms with Crippen LogP contribution in [0, 0.1) is 0 Å². The zero-order valence-electron chi connectivity index (χ0n) is 23.9. The molecule has 0 heterocycles. The van der Waals surface area contributed by atoms with Crippen LogP contribution < -0.4 is 10.6 Å². The first-order valence-electron chi connectivity index (χ1n) is 13.4. The number of phenols is 2. The molecule has 1 unspecified atom stereocenters. The third-order valence-electron chi connectivity index (χ3n) is 7.11. The van der Waals surface area contributed by atoms with E-state index in [4.69, 9.17) is 0 Å². The molecule has 1 atom stereocenters. The van der Waals surface area contributed by atoms with Crippen LogP contribution in [0.3, 0.4) is 0 Å². The molecule has 0 spiro atoms. The minimum atomic E-state index is -3.80. The lowest BCUT2D eigenvalue weighted by Gasteiger charge is -2.22. The Balaban J connectivity index is 1.62. The number of nitrogens with one attached hydrogen (secondary N) is 1. The Morgan fingerprint density at radius 1 is 0.878 bits per heavy atom. The van der Waals surface area contributed by atoms with Gasteiger partial charge in [0.1, 0.15) is 0 Å². The molecular weight excluding hydrogens is 553 g/mol. The molecule has 4 aromatic rings. The molecule has 0 aliphatic carbocycles. The summed E-state index contributed by atoms with van der Waals surface area (Å²) < 4.78 is 26.9. The number of anilines is 1. The smallest absolute Gasteiger partial charge is 0.259 e. The summed E-state index contributed by atoms with van der Waals surface area (Å²) in [5, 5.41) is 24.4. The van der Waals surface area contributed by atoms with Gasteiger partial charge in [0, 0.05) is 11.0 Å². The van der Waals surface area contributed by atoms with E-state index >= 15 is 0 Å². The van der Waals surface area contributed by atoms with Crippen molar-refractivity contribution in [1.29, 1.82) is 0 Å². The Morgan fingerprint density at radius 2 is 1.49 bits per heavy atom. The molecule has 8 heteroatoms. The summed E-state index contributed by atoms with van der Waals surface area (Å²) in [5.74, 6) is -1.23.